The molecule has 1 aliphatic rings. The Hall–Kier alpha value is -2.89. The molecule has 0 saturated carbocycles. The fraction of sp³-hybridized carbons (Fsp3) is 0.278. The van der Waals surface area contributed by atoms with Gasteiger partial charge in [0.2, 0.25) is 0 Å². The molecule has 4 rings (SSSR count). The number of benzene rings is 1. The van der Waals surface area contributed by atoms with E-state index in [9.17, 15) is 4.79 Å². The molecule has 6 nitrogen and oxygen atoms in total. The maximum Gasteiger partial charge on any atom is 0.415 e. The van der Waals surface area contributed by atoms with Crippen LogP contribution in [0.15, 0.2) is 36.5 Å². The number of H-pyrrole nitrogens is 1. The minimum Gasteiger partial charge on any atom is -0.438 e. The third-order valence-electron chi connectivity index (χ3n) is 4.33. The minimum atomic E-state index is -0.678. The molecule has 6 heteroatoms. The molecule has 2 aromatic heterocycles. The van der Waals surface area contributed by atoms with E-state index in [-0.39, 0.29) is 6.09 Å². The number of aromatic amines is 1. The number of ether oxygens (including phenoxy) is 1. The van der Waals surface area contributed by atoms with Crippen molar-refractivity contribution in [1.82, 2.24) is 15.0 Å². The molecule has 0 saturated heterocycles. The molecule has 0 bridgehead atoms. The Kier molecular flexibility index (Phi) is 3.09. The lowest BCUT2D eigenvalue weighted by Gasteiger charge is -2.38. The lowest BCUT2D eigenvalue weighted by Crippen LogP contribution is -2.43. The molecule has 3 aromatic rings. The normalized spacial score (nSPS) is 16.1. The van der Waals surface area contributed by atoms with E-state index in [4.69, 9.17) is 4.74 Å². The van der Waals surface area contributed by atoms with Gasteiger partial charge in [-0.15, -0.1) is 0 Å². The maximum atomic E-state index is 12.2. The SMILES string of the molecule is CCN1C(=O)OC(C)(C)c2cc3[nH]c(-c4ccccn4)nc3cc21. The molecular weight excluding hydrogens is 304 g/mol. The van der Waals surface area contributed by atoms with Crippen molar-refractivity contribution < 1.29 is 9.53 Å². The van der Waals surface area contributed by atoms with E-state index >= 15 is 0 Å². The number of aromatic nitrogens is 3. The molecular formula is C18H18N4O2. The van der Waals surface area contributed by atoms with Crippen molar-refractivity contribution in [2.24, 2.45) is 0 Å². The van der Waals surface area contributed by atoms with Gasteiger partial charge in [0.05, 0.1) is 16.7 Å². The van der Waals surface area contributed by atoms with Crippen molar-refractivity contribution in [3.63, 3.8) is 0 Å². The van der Waals surface area contributed by atoms with Crippen LogP contribution in [0.5, 0.6) is 0 Å². The Balaban J connectivity index is 1.92. The number of fused-ring (bicyclic) bond motifs is 2. The van der Waals surface area contributed by atoms with Gasteiger partial charge in [0.15, 0.2) is 5.82 Å². The Bertz CT molecular complexity index is 931. The summed E-state index contributed by atoms with van der Waals surface area (Å²) in [5, 5.41) is 0. The van der Waals surface area contributed by atoms with E-state index in [1.165, 1.54) is 0 Å². The topological polar surface area (TPSA) is 71.1 Å². The van der Waals surface area contributed by atoms with E-state index in [1.807, 2.05) is 51.1 Å². The van der Waals surface area contributed by atoms with Crippen molar-refractivity contribution in [3.8, 4) is 11.5 Å². The van der Waals surface area contributed by atoms with Gasteiger partial charge in [-0.1, -0.05) is 6.07 Å². The van der Waals surface area contributed by atoms with Crippen molar-refractivity contribution in [2.45, 2.75) is 26.4 Å². The van der Waals surface area contributed by atoms with E-state index in [0.29, 0.717) is 12.4 Å². The van der Waals surface area contributed by atoms with Crippen molar-refractivity contribution >= 4 is 22.8 Å². The van der Waals surface area contributed by atoms with Gasteiger partial charge in [-0.25, -0.2) is 9.78 Å². The van der Waals surface area contributed by atoms with Gasteiger partial charge in [0, 0.05) is 18.3 Å². The lowest BCUT2D eigenvalue weighted by atomic mass is 9.93. The van der Waals surface area contributed by atoms with Gasteiger partial charge in [-0.05, 0) is 45.0 Å². The third kappa shape index (κ3) is 2.14. The summed E-state index contributed by atoms with van der Waals surface area (Å²) in [6.07, 6.45) is 1.41. The highest BCUT2D eigenvalue weighted by molar-refractivity contribution is 5.95. The van der Waals surface area contributed by atoms with Crippen LogP contribution in [-0.4, -0.2) is 27.6 Å². The number of hydrogen-bond acceptors (Lipinski definition) is 4. The highest BCUT2D eigenvalue weighted by Crippen LogP contribution is 2.40. The van der Waals surface area contributed by atoms with Gasteiger partial charge < -0.3 is 9.72 Å². The number of carbonyl (C=O) groups is 1. The van der Waals surface area contributed by atoms with Crippen LogP contribution >= 0.6 is 0 Å². The van der Waals surface area contributed by atoms with Crippen molar-refractivity contribution in [2.75, 3.05) is 11.4 Å². The highest BCUT2D eigenvalue weighted by Gasteiger charge is 2.38. The predicted octanol–water partition coefficient (Wildman–Crippen LogP) is 3.84. The molecule has 0 atom stereocenters. The molecule has 122 valence electrons. The zero-order valence-corrected chi connectivity index (χ0v) is 13.8. The molecule has 1 N–H and O–H groups in total. The average Bonchev–Trinajstić information content (AvgIpc) is 2.97. The number of hydrogen-bond donors (Lipinski definition) is 1. The molecule has 3 heterocycles. The average molecular weight is 322 g/mol. The summed E-state index contributed by atoms with van der Waals surface area (Å²) < 4.78 is 5.58. The molecule has 0 fully saturated rings. The number of pyridine rings is 1. The minimum absolute atomic E-state index is 0.324. The quantitative estimate of drug-likeness (QED) is 0.778. The van der Waals surface area contributed by atoms with Crippen LogP contribution in [0.2, 0.25) is 0 Å². The van der Waals surface area contributed by atoms with E-state index in [0.717, 1.165) is 28.0 Å². The van der Waals surface area contributed by atoms with Crippen LogP contribution in [0.3, 0.4) is 0 Å². The highest BCUT2D eigenvalue weighted by atomic mass is 16.6. The number of nitrogens with one attached hydrogen (secondary N) is 1. The first-order chi connectivity index (χ1) is 11.5. The second-order valence-electron chi connectivity index (χ2n) is 6.31. The first-order valence-electron chi connectivity index (χ1n) is 7.96. The number of rotatable bonds is 2. The Morgan fingerprint density at radius 2 is 2.12 bits per heavy atom. The number of carbonyl (C=O) groups excluding carboxylic acids is 1. The fourth-order valence-electron chi connectivity index (χ4n) is 3.10. The molecule has 0 spiro atoms. The summed E-state index contributed by atoms with van der Waals surface area (Å²) in [5.74, 6) is 0.709. The summed E-state index contributed by atoms with van der Waals surface area (Å²) in [6, 6.07) is 9.66. The van der Waals surface area contributed by atoms with Crippen molar-refractivity contribution in [3.05, 3.63) is 42.1 Å². The number of imidazole rings is 1. The van der Waals surface area contributed by atoms with Gasteiger partial charge in [-0.3, -0.25) is 9.88 Å². The number of cyclic esters (lactones) is 1. The van der Waals surface area contributed by atoms with Crippen LogP contribution in [-0.2, 0) is 10.3 Å². The molecule has 0 aliphatic carbocycles. The lowest BCUT2D eigenvalue weighted by molar-refractivity contribution is 0.0354. The van der Waals surface area contributed by atoms with Gasteiger partial charge in [0.25, 0.3) is 0 Å². The first-order valence-corrected chi connectivity index (χ1v) is 7.96. The molecule has 1 amide bonds. The van der Waals surface area contributed by atoms with Crippen molar-refractivity contribution in [1.29, 1.82) is 0 Å². The maximum absolute atomic E-state index is 12.2. The fourth-order valence-corrected chi connectivity index (χ4v) is 3.10. The standard InChI is InChI=1S/C18H18N4O2/c1-4-22-15-10-14-13(9-11(15)18(2,3)24-17(22)23)20-16(21-14)12-7-5-6-8-19-12/h5-10H,4H2,1-3H3,(H,20,21). The molecule has 1 aromatic carbocycles. The van der Waals surface area contributed by atoms with Crippen LogP contribution in [0.1, 0.15) is 26.3 Å². The summed E-state index contributed by atoms with van der Waals surface area (Å²) in [7, 11) is 0. The Morgan fingerprint density at radius 3 is 2.83 bits per heavy atom. The zero-order valence-electron chi connectivity index (χ0n) is 13.8. The first kappa shape index (κ1) is 14.7. The monoisotopic (exact) mass is 322 g/mol. The predicted molar refractivity (Wildman–Crippen MR) is 91.9 cm³/mol. The smallest absolute Gasteiger partial charge is 0.415 e. The van der Waals surface area contributed by atoms with Crippen LogP contribution in [0.25, 0.3) is 22.6 Å². The molecule has 0 unspecified atom stereocenters. The summed E-state index contributed by atoms with van der Waals surface area (Å²) >= 11 is 0. The number of nitrogens with zero attached hydrogens (tertiary/aromatic N) is 3. The Morgan fingerprint density at radius 1 is 1.29 bits per heavy atom. The number of anilines is 1. The second kappa shape index (κ2) is 5.06. The summed E-state index contributed by atoms with van der Waals surface area (Å²) in [6.45, 7) is 6.28. The third-order valence-corrected chi connectivity index (χ3v) is 4.33. The zero-order chi connectivity index (χ0) is 16.9. The van der Waals surface area contributed by atoms with Crippen LogP contribution in [0.4, 0.5) is 10.5 Å². The Labute approximate surface area is 139 Å². The van der Waals surface area contributed by atoms with Gasteiger partial charge >= 0.3 is 6.09 Å². The van der Waals surface area contributed by atoms with E-state index in [2.05, 4.69) is 15.0 Å². The molecule has 24 heavy (non-hydrogen) atoms. The molecule has 1 aliphatic heterocycles. The van der Waals surface area contributed by atoms with Crippen LogP contribution in [0, 0.1) is 0 Å². The van der Waals surface area contributed by atoms with E-state index in [1.54, 1.807) is 11.1 Å². The van der Waals surface area contributed by atoms with Crippen LogP contribution < -0.4 is 4.90 Å². The molecule has 0 radical (unpaired) electrons. The van der Waals surface area contributed by atoms with Gasteiger partial charge in [-0.2, -0.15) is 0 Å². The largest absolute Gasteiger partial charge is 0.438 e. The summed E-state index contributed by atoms with van der Waals surface area (Å²) in [4.78, 5) is 26.1. The number of amides is 1. The van der Waals surface area contributed by atoms with E-state index < -0.39 is 5.60 Å². The van der Waals surface area contributed by atoms with Gasteiger partial charge in [0.1, 0.15) is 11.3 Å². The summed E-state index contributed by atoms with van der Waals surface area (Å²) in [5.41, 5.74) is 3.63. The second-order valence-corrected chi connectivity index (χ2v) is 6.31.